The van der Waals surface area contributed by atoms with E-state index < -0.39 is 5.41 Å². The number of aryl methyl sites for hydroxylation is 1. The van der Waals surface area contributed by atoms with Crippen LogP contribution in [0.15, 0.2) is 22.8 Å². The van der Waals surface area contributed by atoms with Crippen LogP contribution in [0.3, 0.4) is 0 Å². The standard InChI is InChI=1S/C17H17BrN4O2/c1-8(2)22-15-12(7-19-22)17(6-13(23)20-15)11-5-10(18)4-9(3)14(11)21-16(17)24/h4-5,7-8H,6H2,1-3H3,(H,20,23)(H,21,24)/t17-/m1/s1. The number of carbonyl (C=O) groups excluding carboxylic acids is 2. The number of nitrogens with one attached hydrogen (secondary N) is 2. The highest BCUT2D eigenvalue weighted by atomic mass is 79.9. The maximum Gasteiger partial charge on any atom is 0.240 e. The number of hydrogen-bond donors (Lipinski definition) is 2. The lowest BCUT2D eigenvalue weighted by Gasteiger charge is -2.32. The zero-order valence-electron chi connectivity index (χ0n) is 13.6. The van der Waals surface area contributed by atoms with Gasteiger partial charge in [0.15, 0.2) is 0 Å². The Morgan fingerprint density at radius 2 is 2.00 bits per heavy atom. The van der Waals surface area contributed by atoms with Gasteiger partial charge in [0, 0.05) is 28.2 Å². The molecule has 6 nitrogen and oxygen atoms in total. The van der Waals surface area contributed by atoms with Gasteiger partial charge in [-0.3, -0.25) is 9.59 Å². The number of carbonyl (C=O) groups is 2. The monoisotopic (exact) mass is 388 g/mol. The second-order valence-corrected chi connectivity index (χ2v) is 7.59. The molecular weight excluding hydrogens is 372 g/mol. The Hall–Kier alpha value is -2.15. The van der Waals surface area contributed by atoms with Crippen molar-refractivity contribution in [1.82, 2.24) is 9.78 Å². The number of hydrogen-bond acceptors (Lipinski definition) is 3. The number of anilines is 2. The Kier molecular flexibility index (Phi) is 3.16. The molecule has 2 amide bonds. The van der Waals surface area contributed by atoms with Crippen molar-refractivity contribution in [1.29, 1.82) is 0 Å². The molecule has 0 fully saturated rings. The van der Waals surface area contributed by atoms with Crippen molar-refractivity contribution in [3.05, 3.63) is 39.5 Å². The quantitative estimate of drug-likeness (QED) is 0.787. The Balaban J connectivity index is 2.04. The van der Waals surface area contributed by atoms with Gasteiger partial charge in [0.1, 0.15) is 11.2 Å². The first kappa shape index (κ1) is 15.4. The molecule has 0 bridgehead atoms. The molecule has 2 aliphatic rings. The number of nitrogens with zero attached hydrogens (tertiary/aromatic N) is 2. The first-order valence-corrected chi connectivity index (χ1v) is 8.64. The van der Waals surface area contributed by atoms with Gasteiger partial charge < -0.3 is 10.6 Å². The number of benzene rings is 1. The Morgan fingerprint density at radius 1 is 1.25 bits per heavy atom. The number of amides is 2. The third-order valence-corrected chi connectivity index (χ3v) is 5.27. The van der Waals surface area contributed by atoms with E-state index in [2.05, 4.69) is 31.7 Å². The molecule has 2 aromatic rings. The van der Waals surface area contributed by atoms with Crippen LogP contribution in [0.1, 0.15) is 43.0 Å². The fourth-order valence-electron chi connectivity index (χ4n) is 3.73. The van der Waals surface area contributed by atoms with Crippen LogP contribution in [-0.2, 0) is 15.0 Å². The first-order chi connectivity index (χ1) is 11.3. The van der Waals surface area contributed by atoms with Crippen LogP contribution in [0.5, 0.6) is 0 Å². The largest absolute Gasteiger partial charge is 0.324 e. The molecular formula is C17H17BrN4O2. The van der Waals surface area contributed by atoms with E-state index in [1.807, 2.05) is 32.9 Å². The summed E-state index contributed by atoms with van der Waals surface area (Å²) in [6, 6.07) is 3.96. The highest BCUT2D eigenvalue weighted by Gasteiger charge is 2.54. The van der Waals surface area contributed by atoms with Gasteiger partial charge in [-0.1, -0.05) is 15.9 Å². The van der Waals surface area contributed by atoms with E-state index in [-0.39, 0.29) is 24.3 Å². The molecule has 2 N–H and O–H groups in total. The molecule has 1 aromatic carbocycles. The van der Waals surface area contributed by atoms with Crippen molar-refractivity contribution in [3.8, 4) is 0 Å². The summed E-state index contributed by atoms with van der Waals surface area (Å²) < 4.78 is 2.64. The molecule has 2 aliphatic heterocycles. The minimum Gasteiger partial charge on any atom is -0.324 e. The summed E-state index contributed by atoms with van der Waals surface area (Å²) in [5, 5.41) is 10.3. The zero-order chi connectivity index (χ0) is 17.2. The van der Waals surface area contributed by atoms with E-state index in [0.717, 1.165) is 26.9 Å². The van der Waals surface area contributed by atoms with Gasteiger partial charge in [0.25, 0.3) is 0 Å². The fraction of sp³-hybridized carbons (Fsp3) is 0.353. The number of halogens is 1. The molecule has 124 valence electrons. The third kappa shape index (κ3) is 1.84. The van der Waals surface area contributed by atoms with Crippen LogP contribution < -0.4 is 10.6 Å². The molecule has 1 atom stereocenters. The average molecular weight is 389 g/mol. The summed E-state index contributed by atoms with van der Waals surface area (Å²) in [7, 11) is 0. The molecule has 0 saturated carbocycles. The molecule has 7 heteroatoms. The van der Waals surface area contributed by atoms with Gasteiger partial charge in [-0.25, -0.2) is 4.68 Å². The van der Waals surface area contributed by atoms with Gasteiger partial charge in [-0.15, -0.1) is 0 Å². The summed E-state index contributed by atoms with van der Waals surface area (Å²) in [6.07, 6.45) is 1.79. The molecule has 0 saturated heterocycles. The fourth-order valence-corrected chi connectivity index (χ4v) is 4.31. The normalized spacial score (nSPS) is 21.7. The van der Waals surface area contributed by atoms with E-state index in [1.54, 1.807) is 10.9 Å². The maximum atomic E-state index is 13.0. The van der Waals surface area contributed by atoms with Crippen LogP contribution in [0, 0.1) is 6.92 Å². The van der Waals surface area contributed by atoms with E-state index in [1.165, 1.54) is 0 Å². The molecule has 4 rings (SSSR count). The summed E-state index contributed by atoms with van der Waals surface area (Å²) in [6.45, 7) is 5.93. The Bertz CT molecular complexity index is 902. The maximum absolute atomic E-state index is 13.0. The lowest BCUT2D eigenvalue weighted by atomic mass is 9.71. The van der Waals surface area contributed by atoms with Crippen LogP contribution >= 0.6 is 15.9 Å². The van der Waals surface area contributed by atoms with Crippen LogP contribution in [-0.4, -0.2) is 21.6 Å². The number of rotatable bonds is 1. The van der Waals surface area contributed by atoms with E-state index in [0.29, 0.717) is 5.82 Å². The summed E-state index contributed by atoms with van der Waals surface area (Å²) in [5.74, 6) is 0.269. The molecule has 24 heavy (non-hydrogen) atoms. The summed E-state index contributed by atoms with van der Waals surface area (Å²) in [5.41, 5.74) is 2.33. The van der Waals surface area contributed by atoms with Crippen molar-refractivity contribution in [2.24, 2.45) is 0 Å². The lowest BCUT2D eigenvalue weighted by Crippen LogP contribution is -2.43. The smallest absolute Gasteiger partial charge is 0.240 e. The second kappa shape index (κ2) is 4.92. The lowest BCUT2D eigenvalue weighted by molar-refractivity contribution is -0.125. The minimum atomic E-state index is -1.02. The SMILES string of the molecule is Cc1cc(Br)cc2c1NC(=O)[C@]21CC(=O)Nc2c1cnn2C(C)C. The van der Waals surface area contributed by atoms with Crippen LogP contribution in [0.25, 0.3) is 0 Å². The molecule has 1 aromatic heterocycles. The van der Waals surface area contributed by atoms with Crippen LogP contribution in [0.2, 0.25) is 0 Å². The first-order valence-electron chi connectivity index (χ1n) is 7.84. The second-order valence-electron chi connectivity index (χ2n) is 6.67. The van der Waals surface area contributed by atoms with Gasteiger partial charge in [0.2, 0.25) is 11.8 Å². The predicted molar refractivity (Wildman–Crippen MR) is 94.1 cm³/mol. The topological polar surface area (TPSA) is 76.0 Å². The molecule has 3 heterocycles. The van der Waals surface area contributed by atoms with Crippen molar-refractivity contribution in [2.75, 3.05) is 10.6 Å². The Morgan fingerprint density at radius 3 is 2.71 bits per heavy atom. The molecule has 0 radical (unpaired) electrons. The van der Waals surface area contributed by atoms with Crippen molar-refractivity contribution < 1.29 is 9.59 Å². The van der Waals surface area contributed by atoms with Gasteiger partial charge in [0.05, 0.1) is 6.20 Å². The highest BCUT2D eigenvalue weighted by Crippen LogP contribution is 2.51. The predicted octanol–water partition coefficient (Wildman–Crippen LogP) is 3.12. The summed E-state index contributed by atoms with van der Waals surface area (Å²) >= 11 is 3.51. The molecule has 0 unspecified atom stereocenters. The van der Waals surface area contributed by atoms with E-state index in [4.69, 9.17) is 0 Å². The van der Waals surface area contributed by atoms with E-state index >= 15 is 0 Å². The number of aromatic nitrogens is 2. The Labute approximate surface area is 147 Å². The van der Waals surface area contributed by atoms with Crippen LogP contribution in [0.4, 0.5) is 11.5 Å². The molecule has 1 spiro atoms. The minimum absolute atomic E-state index is 0.0809. The average Bonchev–Trinajstić information content (AvgIpc) is 3.02. The number of fused-ring (bicyclic) bond motifs is 4. The van der Waals surface area contributed by atoms with Gasteiger partial charge >= 0.3 is 0 Å². The third-order valence-electron chi connectivity index (χ3n) is 4.81. The summed E-state index contributed by atoms with van der Waals surface area (Å²) in [4.78, 5) is 25.5. The highest BCUT2D eigenvalue weighted by molar-refractivity contribution is 9.10. The van der Waals surface area contributed by atoms with Crippen molar-refractivity contribution >= 4 is 39.2 Å². The van der Waals surface area contributed by atoms with Gasteiger partial charge in [-0.2, -0.15) is 5.10 Å². The van der Waals surface area contributed by atoms with E-state index in [9.17, 15) is 9.59 Å². The van der Waals surface area contributed by atoms with Crippen molar-refractivity contribution in [2.45, 2.75) is 38.6 Å². The van der Waals surface area contributed by atoms with Crippen molar-refractivity contribution in [3.63, 3.8) is 0 Å². The van der Waals surface area contributed by atoms with Gasteiger partial charge in [-0.05, 0) is 44.0 Å². The zero-order valence-corrected chi connectivity index (χ0v) is 15.2. The molecule has 0 aliphatic carbocycles.